The van der Waals surface area contributed by atoms with E-state index in [1.165, 1.54) is 16.4 Å². The fraction of sp³-hybridized carbons (Fsp3) is 0.350. The minimum atomic E-state index is -3.53. The molecular formula is C20H23FN2O5S. The van der Waals surface area contributed by atoms with Gasteiger partial charge < -0.3 is 14.8 Å². The largest absolute Gasteiger partial charge is 0.454 e. The van der Waals surface area contributed by atoms with Crippen LogP contribution < -0.4 is 19.1 Å². The summed E-state index contributed by atoms with van der Waals surface area (Å²) >= 11 is 0. The SMILES string of the molecule is CC(NC(=O)CCCN(c1ccc2c(c1)OCO2)S(C)(=O)=O)c1ccc(F)cc1. The van der Waals surface area contributed by atoms with Gasteiger partial charge in [0.15, 0.2) is 11.5 Å². The van der Waals surface area contributed by atoms with Gasteiger partial charge in [-0.2, -0.15) is 0 Å². The molecule has 1 aliphatic rings. The van der Waals surface area contributed by atoms with Gasteiger partial charge in [0.2, 0.25) is 22.7 Å². The minimum absolute atomic E-state index is 0.101. The van der Waals surface area contributed by atoms with Crippen molar-refractivity contribution in [3.05, 3.63) is 53.8 Å². The molecule has 1 unspecified atom stereocenters. The molecule has 3 rings (SSSR count). The number of anilines is 1. The van der Waals surface area contributed by atoms with Crippen LogP contribution in [0.2, 0.25) is 0 Å². The van der Waals surface area contributed by atoms with Crippen molar-refractivity contribution in [1.82, 2.24) is 5.32 Å². The van der Waals surface area contributed by atoms with Gasteiger partial charge in [0.25, 0.3) is 0 Å². The highest BCUT2D eigenvalue weighted by atomic mass is 32.2. The fourth-order valence-corrected chi connectivity index (χ4v) is 4.02. The minimum Gasteiger partial charge on any atom is -0.454 e. The number of nitrogens with one attached hydrogen (secondary N) is 1. The summed E-state index contributed by atoms with van der Waals surface area (Å²) in [7, 11) is -3.53. The van der Waals surface area contributed by atoms with Crippen LogP contribution in [0.3, 0.4) is 0 Å². The van der Waals surface area contributed by atoms with Gasteiger partial charge >= 0.3 is 0 Å². The number of sulfonamides is 1. The molecule has 9 heteroatoms. The number of hydrogen-bond donors (Lipinski definition) is 1. The van der Waals surface area contributed by atoms with Crippen LogP contribution in [-0.4, -0.2) is 33.9 Å². The third-order valence-electron chi connectivity index (χ3n) is 4.56. The molecule has 0 fully saturated rings. The van der Waals surface area contributed by atoms with Crippen LogP contribution in [0.25, 0.3) is 0 Å². The summed E-state index contributed by atoms with van der Waals surface area (Å²) in [6.07, 6.45) is 1.61. The number of fused-ring (bicyclic) bond motifs is 1. The summed E-state index contributed by atoms with van der Waals surface area (Å²) in [4.78, 5) is 12.2. The predicted molar refractivity (Wildman–Crippen MR) is 107 cm³/mol. The van der Waals surface area contributed by atoms with E-state index >= 15 is 0 Å². The Kier molecular flexibility index (Phi) is 6.26. The Balaban J connectivity index is 1.57. The molecule has 0 aromatic heterocycles. The van der Waals surface area contributed by atoms with Gasteiger partial charge in [-0.15, -0.1) is 0 Å². The van der Waals surface area contributed by atoms with Crippen LogP contribution in [-0.2, 0) is 14.8 Å². The zero-order valence-corrected chi connectivity index (χ0v) is 17.0. The number of halogens is 1. The second-order valence-electron chi connectivity index (χ2n) is 6.82. The summed E-state index contributed by atoms with van der Waals surface area (Å²) in [6.45, 7) is 2.06. The Morgan fingerprint density at radius 2 is 1.86 bits per heavy atom. The Labute approximate surface area is 169 Å². The van der Waals surface area contributed by atoms with E-state index in [1.54, 1.807) is 37.3 Å². The van der Waals surface area contributed by atoms with Crippen molar-refractivity contribution in [1.29, 1.82) is 0 Å². The quantitative estimate of drug-likeness (QED) is 0.707. The van der Waals surface area contributed by atoms with Gasteiger partial charge in [0.05, 0.1) is 18.0 Å². The lowest BCUT2D eigenvalue weighted by Crippen LogP contribution is -2.32. The number of nitrogens with zero attached hydrogens (tertiary/aromatic N) is 1. The topological polar surface area (TPSA) is 84.9 Å². The van der Waals surface area contributed by atoms with Gasteiger partial charge in [0.1, 0.15) is 5.82 Å². The van der Waals surface area contributed by atoms with Crippen molar-refractivity contribution in [2.45, 2.75) is 25.8 Å². The summed E-state index contributed by atoms with van der Waals surface area (Å²) in [5.41, 5.74) is 1.25. The van der Waals surface area contributed by atoms with Crippen LogP contribution in [0, 0.1) is 5.82 Å². The number of ether oxygens (including phenoxy) is 2. The van der Waals surface area contributed by atoms with E-state index in [4.69, 9.17) is 9.47 Å². The molecule has 1 amide bonds. The van der Waals surface area contributed by atoms with E-state index in [-0.39, 0.29) is 37.5 Å². The number of amides is 1. The highest BCUT2D eigenvalue weighted by molar-refractivity contribution is 7.92. The maximum absolute atomic E-state index is 13.0. The number of rotatable bonds is 8. The maximum Gasteiger partial charge on any atom is 0.232 e. The molecule has 0 spiro atoms. The molecule has 1 aliphatic heterocycles. The average Bonchev–Trinajstić information content (AvgIpc) is 3.12. The smallest absolute Gasteiger partial charge is 0.232 e. The molecule has 0 radical (unpaired) electrons. The van der Waals surface area contributed by atoms with E-state index in [0.717, 1.165) is 11.8 Å². The van der Waals surface area contributed by atoms with E-state index in [1.807, 2.05) is 0 Å². The highest BCUT2D eigenvalue weighted by Crippen LogP contribution is 2.36. The van der Waals surface area contributed by atoms with E-state index in [9.17, 15) is 17.6 Å². The van der Waals surface area contributed by atoms with Crippen LogP contribution in [0.4, 0.5) is 10.1 Å². The Morgan fingerprint density at radius 1 is 1.17 bits per heavy atom. The highest BCUT2D eigenvalue weighted by Gasteiger charge is 2.21. The molecule has 0 saturated heterocycles. The number of hydrogen-bond acceptors (Lipinski definition) is 5. The van der Waals surface area contributed by atoms with Crippen LogP contribution in [0.1, 0.15) is 31.4 Å². The molecule has 2 aromatic rings. The third kappa shape index (κ3) is 5.38. The standard InChI is InChI=1S/C20H23FN2O5S/c1-14(15-5-7-16(21)8-6-15)22-20(24)4-3-11-23(29(2,25)26)17-9-10-18-19(12-17)28-13-27-18/h5-10,12,14H,3-4,11,13H2,1-2H3,(H,22,24). The molecular weight excluding hydrogens is 399 g/mol. The van der Waals surface area contributed by atoms with Gasteiger partial charge in [-0.1, -0.05) is 12.1 Å². The van der Waals surface area contributed by atoms with Gasteiger partial charge in [-0.05, 0) is 43.2 Å². The molecule has 0 bridgehead atoms. The van der Waals surface area contributed by atoms with Crippen molar-refractivity contribution >= 4 is 21.6 Å². The van der Waals surface area contributed by atoms with Crippen LogP contribution in [0.5, 0.6) is 11.5 Å². The molecule has 7 nitrogen and oxygen atoms in total. The lowest BCUT2D eigenvalue weighted by molar-refractivity contribution is -0.121. The van der Waals surface area contributed by atoms with Gasteiger partial charge in [-0.3, -0.25) is 9.10 Å². The second kappa shape index (κ2) is 8.69. The Morgan fingerprint density at radius 3 is 2.55 bits per heavy atom. The molecule has 0 aliphatic carbocycles. The van der Waals surface area contributed by atoms with Gasteiger partial charge in [0, 0.05) is 19.0 Å². The van der Waals surface area contributed by atoms with Crippen molar-refractivity contribution in [3.8, 4) is 11.5 Å². The first-order chi connectivity index (χ1) is 13.7. The first kappa shape index (κ1) is 20.9. The zero-order valence-electron chi connectivity index (χ0n) is 16.2. The molecule has 1 heterocycles. The Hall–Kier alpha value is -2.81. The van der Waals surface area contributed by atoms with Crippen molar-refractivity contribution in [2.75, 3.05) is 23.9 Å². The molecule has 1 atom stereocenters. The van der Waals surface area contributed by atoms with Gasteiger partial charge in [-0.25, -0.2) is 12.8 Å². The molecule has 1 N–H and O–H groups in total. The first-order valence-corrected chi connectivity index (χ1v) is 11.0. The van der Waals surface area contributed by atoms with E-state index < -0.39 is 10.0 Å². The monoisotopic (exact) mass is 422 g/mol. The zero-order chi connectivity index (χ0) is 21.0. The van der Waals surface area contributed by atoms with E-state index in [2.05, 4.69) is 5.32 Å². The van der Waals surface area contributed by atoms with Crippen LogP contribution >= 0.6 is 0 Å². The normalized spacial score (nSPS) is 13.8. The Bertz CT molecular complexity index is 979. The van der Waals surface area contributed by atoms with Crippen molar-refractivity contribution in [3.63, 3.8) is 0 Å². The number of carbonyl (C=O) groups is 1. The lowest BCUT2D eigenvalue weighted by atomic mass is 10.1. The third-order valence-corrected chi connectivity index (χ3v) is 5.75. The number of carbonyl (C=O) groups excluding carboxylic acids is 1. The second-order valence-corrected chi connectivity index (χ2v) is 8.72. The maximum atomic E-state index is 13.0. The average molecular weight is 422 g/mol. The fourth-order valence-electron chi connectivity index (χ4n) is 3.06. The van der Waals surface area contributed by atoms with Crippen molar-refractivity contribution < 1.29 is 27.1 Å². The molecule has 156 valence electrons. The summed E-state index contributed by atoms with van der Waals surface area (Å²) < 4.78 is 49.2. The number of benzene rings is 2. The van der Waals surface area contributed by atoms with Crippen molar-refractivity contribution in [2.24, 2.45) is 0 Å². The summed E-state index contributed by atoms with van der Waals surface area (Å²) in [5, 5.41) is 2.84. The van der Waals surface area contributed by atoms with Crippen LogP contribution in [0.15, 0.2) is 42.5 Å². The molecule has 29 heavy (non-hydrogen) atoms. The predicted octanol–water partition coefficient (Wildman–Crippen LogP) is 2.98. The molecule has 2 aromatic carbocycles. The summed E-state index contributed by atoms with van der Waals surface area (Å²) in [5.74, 6) is 0.510. The molecule has 0 saturated carbocycles. The first-order valence-electron chi connectivity index (χ1n) is 9.16. The van der Waals surface area contributed by atoms with E-state index in [0.29, 0.717) is 23.6 Å². The summed E-state index contributed by atoms with van der Waals surface area (Å²) in [6, 6.07) is 10.6. The lowest BCUT2D eigenvalue weighted by Gasteiger charge is -2.22.